The quantitative estimate of drug-likeness (QED) is 0.750. The molecule has 0 radical (unpaired) electrons. The lowest BCUT2D eigenvalue weighted by Gasteiger charge is -2.07. The lowest BCUT2D eigenvalue weighted by atomic mass is 10.3. The van der Waals surface area contributed by atoms with E-state index in [4.69, 9.17) is 10.8 Å². The van der Waals surface area contributed by atoms with Gasteiger partial charge in [0.1, 0.15) is 11.9 Å². The van der Waals surface area contributed by atoms with E-state index in [1.165, 1.54) is 4.68 Å². The topological polar surface area (TPSA) is 81.1 Å². The van der Waals surface area contributed by atoms with E-state index in [1.807, 2.05) is 0 Å². The minimum absolute atomic E-state index is 0. The van der Waals surface area contributed by atoms with Crippen molar-refractivity contribution in [2.24, 2.45) is 0 Å². The van der Waals surface area contributed by atoms with E-state index in [-0.39, 0.29) is 12.4 Å². The average molecular weight is 206 g/mol. The highest BCUT2D eigenvalue weighted by Crippen LogP contribution is 2.11. The molecule has 0 saturated heterocycles. The van der Waals surface area contributed by atoms with Gasteiger partial charge in [0.15, 0.2) is 0 Å². The average Bonchev–Trinajstić information content (AvgIpc) is 2.28. The first kappa shape index (κ1) is 11.8. The number of carbonyl (C=O) groups is 1. The van der Waals surface area contributed by atoms with Gasteiger partial charge in [-0.05, 0) is 13.8 Å². The molecule has 0 saturated carbocycles. The number of hydrogen-bond acceptors (Lipinski definition) is 3. The van der Waals surface area contributed by atoms with Crippen LogP contribution >= 0.6 is 12.4 Å². The van der Waals surface area contributed by atoms with Gasteiger partial charge in [0.25, 0.3) is 0 Å². The van der Waals surface area contributed by atoms with Crippen LogP contribution in [0.3, 0.4) is 0 Å². The molecule has 0 spiro atoms. The van der Waals surface area contributed by atoms with Crippen LogP contribution in [0.15, 0.2) is 6.07 Å². The number of nitrogens with zero attached hydrogens (tertiary/aromatic N) is 2. The Morgan fingerprint density at radius 1 is 1.77 bits per heavy atom. The molecule has 13 heavy (non-hydrogen) atoms. The van der Waals surface area contributed by atoms with Gasteiger partial charge in [-0.25, -0.2) is 4.79 Å². The number of aromatic nitrogens is 2. The van der Waals surface area contributed by atoms with Gasteiger partial charge < -0.3 is 10.8 Å². The predicted octanol–water partition coefficient (Wildman–Crippen LogP) is 0.841. The number of carboxylic acids is 1. The van der Waals surface area contributed by atoms with Crippen LogP contribution in [-0.2, 0) is 4.79 Å². The van der Waals surface area contributed by atoms with Crippen molar-refractivity contribution < 1.29 is 9.90 Å². The van der Waals surface area contributed by atoms with Crippen LogP contribution in [0.4, 0.5) is 5.82 Å². The number of nitrogen functional groups attached to an aromatic ring is 1. The minimum atomic E-state index is -0.916. The zero-order chi connectivity index (χ0) is 9.30. The fraction of sp³-hybridized carbons (Fsp3) is 0.429. The van der Waals surface area contributed by atoms with E-state index >= 15 is 0 Å². The van der Waals surface area contributed by atoms with Gasteiger partial charge in [0.05, 0.1) is 0 Å². The Labute approximate surface area is 81.9 Å². The van der Waals surface area contributed by atoms with Crippen LogP contribution in [-0.4, -0.2) is 20.9 Å². The van der Waals surface area contributed by atoms with Crippen molar-refractivity contribution in [2.75, 3.05) is 5.73 Å². The molecule has 3 N–H and O–H groups in total. The zero-order valence-electron chi connectivity index (χ0n) is 7.39. The van der Waals surface area contributed by atoms with Gasteiger partial charge >= 0.3 is 5.97 Å². The molecule has 0 aliphatic rings. The molecule has 1 aromatic rings. The summed E-state index contributed by atoms with van der Waals surface area (Å²) in [5.41, 5.74) is 6.14. The largest absolute Gasteiger partial charge is 0.480 e. The molecule has 1 atom stereocenters. The van der Waals surface area contributed by atoms with Crippen molar-refractivity contribution in [1.82, 2.24) is 9.78 Å². The van der Waals surface area contributed by atoms with Crippen LogP contribution in [0, 0.1) is 6.92 Å². The number of carboxylic acid groups (broad SMARTS) is 1. The van der Waals surface area contributed by atoms with Crippen molar-refractivity contribution in [3.8, 4) is 0 Å². The molecule has 0 aliphatic carbocycles. The smallest absolute Gasteiger partial charge is 0.328 e. The molecule has 0 amide bonds. The van der Waals surface area contributed by atoms with Gasteiger partial charge in [-0.1, -0.05) is 0 Å². The molecule has 5 nitrogen and oxygen atoms in total. The maximum atomic E-state index is 10.6. The molecule has 1 heterocycles. The first-order chi connectivity index (χ1) is 5.52. The third kappa shape index (κ3) is 2.35. The second-order valence-corrected chi connectivity index (χ2v) is 2.67. The number of anilines is 1. The predicted molar refractivity (Wildman–Crippen MR) is 51.0 cm³/mol. The standard InChI is InChI=1S/C7H11N3O2.ClH/c1-4-3-6(8)9-10(4)5(2)7(11)12;/h3,5H,1-2H3,(H2,8,9)(H,11,12);1H. The summed E-state index contributed by atoms with van der Waals surface area (Å²) >= 11 is 0. The van der Waals surface area contributed by atoms with Gasteiger partial charge in [-0.2, -0.15) is 5.10 Å². The van der Waals surface area contributed by atoms with Crippen LogP contribution in [0.2, 0.25) is 0 Å². The molecule has 1 rings (SSSR count). The maximum Gasteiger partial charge on any atom is 0.328 e. The summed E-state index contributed by atoms with van der Waals surface area (Å²) in [6, 6.07) is 0.974. The fourth-order valence-corrected chi connectivity index (χ4v) is 1.01. The van der Waals surface area contributed by atoms with Crippen molar-refractivity contribution >= 4 is 24.2 Å². The molecule has 0 bridgehead atoms. The summed E-state index contributed by atoms with van der Waals surface area (Å²) in [6.45, 7) is 3.32. The normalized spacial score (nSPS) is 11.8. The number of aryl methyl sites for hydroxylation is 1. The number of rotatable bonds is 2. The van der Waals surface area contributed by atoms with Gasteiger partial charge in [0, 0.05) is 11.8 Å². The Hall–Kier alpha value is -1.23. The Morgan fingerprint density at radius 3 is 2.62 bits per heavy atom. The summed E-state index contributed by atoms with van der Waals surface area (Å²) in [6.07, 6.45) is 0. The molecular weight excluding hydrogens is 194 g/mol. The lowest BCUT2D eigenvalue weighted by molar-refractivity contribution is -0.140. The Bertz CT molecular complexity index is 311. The number of hydrogen-bond donors (Lipinski definition) is 2. The Morgan fingerprint density at radius 2 is 2.31 bits per heavy atom. The lowest BCUT2D eigenvalue weighted by Crippen LogP contribution is -2.17. The molecule has 0 fully saturated rings. The van der Waals surface area contributed by atoms with Crippen LogP contribution in [0.25, 0.3) is 0 Å². The molecule has 1 aromatic heterocycles. The van der Waals surface area contributed by atoms with Crippen LogP contribution < -0.4 is 5.73 Å². The van der Waals surface area contributed by atoms with E-state index in [2.05, 4.69) is 5.10 Å². The summed E-state index contributed by atoms with van der Waals surface area (Å²) in [5.74, 6) is -0.568. The van der Waals surface area contributed by atoms with E-state index in [1.54, 1.807) is 19.9 Å². The third-order valence-electron chi connectivity index (χ3n) is 1.67. The van der Waals surface area contributed by atoms with Crippen molar-refractivity contribution in [2.45, 2.75) is 19.9 Å². The monoisotopic (exact) mass is 205 g/mol. The zero-order valence-corrected chi connectivity index (χ0v) is 8.21. The SMILES string of the molecule is Cc1cc(N)nn1C(C)C(=O)O.Cl. The highest BCUT2D eigenvalue weighted by molar-refractivity contribution is 5.85. The Balaban J connectivity index is 0.00000144. The van der Waals surface area contributed by atoms with Crippen LogP contribution in [0.5, 0.6) is 0 Å². The molecule has 6 heteroatoms. The summed E-state index contributed by atoms with van der Waals surface area (Å²) < 4.78 is 1.39. The fourth-order valence-electron chi connectivity index (χ4n) is 1.01. The minimum Gasteiger partial charge on any atom is -0.480 e. The molecule has 0 aromatic carbocycles. The van der Waals surface area contributed by atoms with E-state index in [9.17, 15) is 4.79 Å². The molecule has 1 unspecified atom stereocenters. The van der Waals surface area contributed by atoms with Gasteiger partial charge in [0.2, 0.25) is 0 Å². The first-order valence-electron chi connectivity index (χ1n) is 3.57. The molecular formula is C7H12ClN3O2. The van der Waals surface area contributed by atoms with E-state index < -0.39 is 12.0 Å². The second kappa shape index (κ2) is 4.13. The van der Waals surface area contributed by atoms with Crippen molar-refractivity contribution in [3.63, 3.8) is 0 Å². The summed E-state index contributed by atoms with van der Waals surface area (Å²) in [4.78, 5) is 10.6. The van der Waals surface area contributed by atoms with E-state index in [0.717, 1.165) is 5.69 Å². The first-order valence-corrected chi connectivity index (χ1v) is 3.57. The number of aliphatic carboxylic acids is 1. The summed E-state index contributed by atoms with van der Waals surface area (Å²) in [7, 11) is 0. The molecule has 74 valence electrons. The molecule has 0 aliphatic heterocycles. The second-order valence-electron chi connectivity index (χ2n) is 2.67. The summed E-state index contributed by atoms with van der Waals surface area (Å²) in [5, 5.41) is 12.5. The highest BCUT2D eigenvalue weighted by Gasteiger charge is 2.15. The number of nitrogens with two attached hydrogens (primary N) is 1. The van der Waals surface area contributed by atoms with Gasteiger partial charge in [-0.3, -0.25) is 4.68 Å². The van der Waals surface area contributed by atoms with Crippen LogP contribution in [0.1, 0.15) is 18.7 Å². The van der Waals surface area contributed by atoms with Crippen molar-refractivity contribution in [1.29, 1.82) is 0 Å². The maximum absolute atomic E-state index is 10.6. The van der Waals surface area contributed by atoms with E-state index in [0.29, 0.717) is 5.82 Å². The Kier molecular flexibility index (Phi) is 3.74. The third-order valence-corrected chi connectivity index (χ3v) is 1.67. The highest BCUT2D eigenvalue weighted by atomic mass is 35.5. The number of halogens is 1. The van der Waals surface area contributed by atoms with Gasteiger partial charge in [-0.15, -0.1) is 12.4 Å². The van der Waals surface area contributed by atoms with Crippen molar-refractivity contribution in [3.05, 3.63) is 11.8 Å².